The highest BCUT2D eigenvalue weighted by Gasteiger charge is 2.35. The minimum atomic E-state index is -2.65. The Hall–Kier alpha value is -2.09. The average Bonchev–Trinajstić information content (AvgIpc) is 2.53. The zero-order valence-corrected chi connectivity index (χ0v) is 14.1. The largest absolute Gasteiger partial charge is 0.769 e. The highest BCUT2D eigenvalue weighted by atomic mass is 35.5. The van der Waals surface area contributed by atoms with Gasteiger partial charge in [0.2, 0.25) is 0 Å². The quantitative estimate of drug-likeness (QED) is 0.757. The van der Waals surface area contributed by atoms with Crippen molar-refractivity contribution in [3.63, 3.8) is 0 Å². The van der Waals surface area contributed by atoms with E-state index in [0.717, 1.165) is 12.1 Å². The number of aromatic hydroxyl groups is 1. The van der Waals surface area contributed by atoms with Crippen LogP contribution in [-0.2, 0) is 16.0 Å². The van der Waals surface area contributed by atoms with Gasteiger partial charge in [0.05, 0.1) is 0 Å². The topological polar surface area (TPSA) is 107 Å². The van der Waals surface area contributed by atoms with E-state index in [-0.39, 0.29) is 17.7 Å². The van der Waals surface area contributed by atoms with E-state index in [0.29, 0.717) is 10.6 Å². The third-order valence-electron chi connectivity index (χ3n) is 3.50. The summed E-state index contributed by atoms with van der Waals surface area (Å²) in [7, 11) is 0. The van der Waals surface area contributed by atoms with Gasteiger partial charge in [-0.25, -0.2) is 4.79 Å². The van der Waals surface area contributed by atoms with Crippen LogP contribution in [0, 0.1) is 0 Å². The molecule has 0 saturated carbocycles. The number of benzene rings is 2. The number of carboxylic acids is 1. The number of phenols is 1. The third kappa shape index (κ3) is 3.53. The summed E-state index contributed by atoms with van der Waals surface area (Å²) in [4.78, 5) is 9.23. The molecule has 0 heterocycles. The Morgan fingerprint density at radius 3 is 2.38 bits per heavy atom. The molecule has 2 rings (SSSR count). The summed E-state index contributed by atoms with van der Waals surface area (Å²) in [5, 5.41) is 19.1. The summed E-state index contributed by atoms with van der Waals surface area (Å²) in [5.74, 6) is -1.79. The van der Waals surface area contributed by atoms with Gasteiger partial charge < -0.3 is 19.5 Å². The monoisotopic (exact) mass is 369 g/mol. The van der Waals surface area contributed by atoms with E-state index in [1.807, 2.05) is 0 Å². The molecular formula is C16H14ClO6S-. The van der Waals surface area contributed by atoms with E-state index < -0.39 is 27.7 Å². The van der Waals surface area contributed by atoms with Crippen LogP contribution in [0.3, 0.4) is 0 Å². The van der Waals surface area contributed by atoms with E-state index in [1.165, 1.54) is 18.2 Å². The Morgan fingerprint density at radius 2 is 1.92 bits per heavy atom. The van der Waals surface area contributed by atoms with E-state index in [1.54, 1.807) is 19.1 Å². The SMILES string of the molecule is CCC(Oc1ccc(C(=O)O)c(O)c1)(c1ccc(Cl)cc1)S(=O)[O-]. The van der Waals surface area contributed by atoms with Gasteiger partial charge in [0.1, 0.15) is 17.1 Å². The summed E-state index contributed by atoms with van der Waals surface area (Å²) >= 11 is 3.18. The van der Waals surface area contributed by atoms with Crippen molar-refractivity contribution in [2.24, 2.45) is 0 Å². The summed E-state index contributed by atoms with van der Waals surface area (Å²) in [6, 6.07) is 9.65. The molecule has 0 saturated heterocycles. The summed E-state index contributed by atoms with van der Waals surface area (Å²) < 4.78 is 29.4. The van der Waals surface area contributed by atoms with Crippen LogP contribution in [0.1, 0.15) is 29.3 Å². The van der Waals surface area contributed by atoms with Crippen molar-refractivity contribution >= 4 is 28.7 Å². The Balaban J connectivity index is 2.47. The average molecular weight is 370 g/mol. The molecule has 0 fully saturated rings. The minimum Gasteiger partial charge on any atom is -0.769 e. The third-order valence-corrected chi connectivity index (χ3v) is 4.90. The van der Waals surface area contributed by atoms with Gasteiger partial charge in [0.15, 0.2) is 4.93 Å². The predicted molar refractivity (Wildman–Crippen MR) is 88.0 cm³/mol. The Kier molecular flexibility index (Phi) is 5.48. The van der Waals surface area contributed by atoms with Gasteiger partial charge in [-0.3, -0.25) is 4.21 Å². The second-order valence-electron chi connectivity index (χ2n) is 4.93. The van der Waals surface area contributed by atoms with Crippen LogP contribution in [0.15, 0.2) is 42.5 Å². The van der Waals surface area contributed by atoms with E-state index in [4.69, 9.17) is 21.4 Å². The maximum atomic E-state index is 11.9. The fraction of sp³-hybridized carbons (Fsp3) is 0.188. The van der Waals surface area contributed by atoms with Crippen molar-refractivity contribution in [3.8, 4) is 11.5 Å². The molecule has 0 aliphatic carbocycles. The number of aromatic carboxylic acids is 1. The summed E-state index contributed by atoms with van der Waals surface area (Å²) in [6.07, 6.45) is 0.0895. The van der Waals surface area contributed by atoms with Crippen molar-refractivity contribution in [1.82, 2.24) is 0 Å². The Labute approximate surface area is 145 Å². The number of hydrogen-bond acceptors (Lipinski definition) is 5. The van der Waals surface area contributed by atoms with Gasteiger partial charge in [0.25, 0.3) is 0 Å². The fourth-order valence-electron chi connectivity index (χ4n) is 2.23. The van der Waals surface area contributed by atoms with Gasteiger partial charge in [-0.1, -0.05) is 30.7 Å². The van der Waals surface area contributed by atoms with Crippen LogP contribution >= 0.6 is 11.6 Å². The molecule has 0 aromatic heterocycles. The van der Waals surface area contributed by atoms with Gasteiger partial charge in [-0.15, -0.1) is 0 Å². The molecule has 2 N–H and O–H groups in total. The maximum Gasteiger partial charge on any atom is 0.339 e. The van der Waals surface area contributed by atoms with Crippen molar-refractivity contribution in [1.29, 1.82) is 0 Å². The van der Waals surface area contributed by atoms with Crippen molar-refractivity contribution in [3.05, 3.63) is 58.6 Å². The minimum absolute atomic E-state index is 0.0264. The molecule has 24 heavy (non-hydrogen) atoms. The first kappa shape index (κ1) is 18.3. The molecule has 0 aliphatic rings. The molecule has 0 radical (unpaired) electrons. The molecule has 6 nitrogen and oxygen atoms in total. The van der Waals surface area contributed by atoms with Gasteiger partial charge in [-0.2, -0.15) is 0 Å². The van der Waals surface area contributed by atoms with Crippen LogP contribution in [0.4, 0.5) is 0 Å². The van der Waals surface area contributed by atoms with Crippen LogP contribution in [0.2, 0.25) is 5.02 Å². The van der Waals surface area contributed by atoms with Gasteiger partial charge in [-0.05, 0) is 41.8 Å². The van der Waals surface area contributed by atoms with Crippen molar-refractivity contribution in [2.45, 2.75) is 18.3 Å². The first-order valence-corrected chi connectivity index (χ1v) is 8.36. The number of hydrogen-bond donors (Lipinski definition) is 2. The molecule has 0 aliphatic heterocycles. The highest BCUT2D eigenvalue weighted by molar-refractivity contribution is 7.80. The lowest BCUT2D eigenvalue weighted by molar-refractivity contribution is 0.0693. The van der Waals surface area contributed by atoms with Crippen molar-refractivity contribution in [2.75, 3.05) is 0 Å². The second kappa shape index (κ2) is 7.21. The first-order valence-electron chi connectivity index (χ1n) is 6.91. The molecule has 2 aromatic carbocycles. The first-order chi connectivity index (χ1) is 11.3. The van der Waals surface area contributed by atoms with Gasteiger partial charge in [0, 0.05) is 16.7 Å². The fourth-order valence-corrected chi connectivity index (χ4v) is 3.09. The number of carbonyl (C=O) groups is 1. The standard InChI is InChI=1S/C16H15ClO6S/c1-2-16(24(21)22,10-3-5-11(17)6-4-10)23-12-7-8-13(15(19)20)14(18)9-12/h3-9,18H,2H2,1H3,(H,19,20)(H,21,22)/p-1. The lowest BCUT2D eigenvalue weighted by Gasteiger charge is -2.36. The van der Waals surface area contributed by atoms with E-state index in [2.05, 4.69) is 0 Å². The number of rotatable bonds is 6. The van der Waals surface area contributed by atoms with Gasteiger partial charge >= 0.3 is 5.97 Å². The molecule has 0 spiro atoms. The zero-order chi connectivity index (χ0) is 17.9. The highest BCUT2D eigenvalue weighted by Crippen LogP contribution is 2.36. The molecule has 2 atom stereocenters. The van der Waals surface area contributed by atoms with Crippen LogP contribution in [-0.4, -0.2) is 24.9 Å². The smallest absolute Gasteiger partial charge is 0.339 e. The second-order valence-corrected chi connectivity index (χ2v) is 6.50. The predicted octanol–water partition coefficient (Wildman–Crippen LogP) is 3.26. The molecule has 0 bridgehead atoms. The zero-order valence-electron chi connectivity index (χ0n) is 12.6. The normalized spacial score (nSPS) is 14.6. The molecule has 2 aromatic rings. The lowest BCUT2D eigenvalue weighted by atomic mass is 10.1. The summed E-state index contributed by atoms with van der Waals surface area (Å²) in [5.41, 5.74) is 0.0590. The molecular weight excluding hydrogens is 356 g/mol. The summed E-state index contributed by atoms with van der Waals surface area (Å²) in [6.45, 7) is 1.63. The number of halogens is 1. The molecule has 128 valence electrons. The number of ether oxygens (including phenoxy) is 1. The Morgan fingerprint density at radius 1 is 1.29 bits per heavy atom. The van der Waals surface area contributed by atoms with E-state index in [9.17, 15) is 18.7 Å². The lowest BCUT2D eigenvalue weighted by Crippen LogP contribution is -2.37. The van der Waals surface area contributed by atoms with Crippen LogP contribution < -0.4 is 4.74 Å². The number of carboxylic acid groups (broad SMARTS) is 1. The van der Waals surface area contributed by atoms with Crippen molar-refractivity contribution < 1.29 is 28.5 Å². The maximum absolute atomic E-state index is 11.9. The molecule has 0 amide bonds. The Bertz CT molecular complexity index is 777. The van der Waals surface area contributed by atoms with Crippen LogP contribution in [0.5, 0.6) is 11.5 Å². The van der Waals surface area contributed by atoms with Crippen LogP contribution in [0.25, 0.3) is 0 Å². The molecule has 8 heteroatoms. The molecule has 2 unspecified atom stereocenters. The van der Waals surface area contributed by atoms with E-state index >= 15 is 0 Å².